The van der Waals surface area contributed by atoms with E-state index < -0.39 is 0 Å². The van der Waals surface area contributed by atoms with Gasteiger partial charge in [-0.15, -0.1) is 0 Å². The van der Waals surface area contributed by atoms with E-state index in [1.54, 1.807) is 11.1 Å². The number of benzene rings is 4. The first-order chi connectivity index (χ1) is 19.2. The van der Waals surface area contributed by atoms with Crippen LogP contribution in [0.3, 0.4) is 0 Å². The standard InChI is InChI=1S/C38H38Si/c1-3-15-33-25-29-17-11-13-23-35(29)37(33,31-19-7-5-8-20-31)27-39-28-38(32-21-9-6-10-22-32)34(16-4-2)26-30-18-12-14-24-36(30)38/h5-14,17-26H,3-4,15-16,27-28H2,1-2H3. The minimum Gasteiger partial charge on any atom is -0.0651 e. The molecule has 39 heavy (non-hydrogen) atoms. The Morgan fingerprint density at radius 1 is 0.487 bits per heavy atom. The second-order valence-corrected chi connectivity index (χ2v) is 12.4. The first-order valence-electron chi connectivity index (χ1n) is 14.7. The minimum atomic E-state index is -0.0447. The predicted octanol–water partition coefficient (Wildman–Crippen LogP) is 9.89. The summed E-state index contributed by atoms with van der Waals surface area (Å²) >= 11 is 0. The van der Waals surface area contributed by atoms with Crippen LogP contribution in [0.2, 0.25) is 12.1 Å². The fourth-order valence-corrected chi connectivity index (χ4v) is 9.41. The van der Waals surface area contributed by atoms with E-state index >= 15 is 0 Å². The quantitative estimate of drug-likeness (QED) is 0.182. The van der Waals surface area contributed by atoms with Crippen molar-refractivity contribution in [2.45, 2.75) is 62.4 Å². The zero-order valence-electron chi connectivity index (χ0n) is 23.3. The lowest BCUT2D eigenvalue weighted by molar-refractivity contribution is 0.621. The molecule has 0 bridgehead atoms. The van der Waals surface area contributed by atoms with Crippen molar-refractivity contribution in [2.75, 3.05) is 0 Å². The Balaban J connectivity index is 1.45. The predicted molar refractivity (Wildman–Crippen MR) is 168 cm³/mol. The van der Waals surface area contributed by atoms with Gasteiger partial charge >= 0.3 is 0 Å². The number of hydrogen-bond acceptors (Lipinski definition) is 0. The van der Waals surface area contributed by atoms with Crippen molar-refractivity contribution in [3.05, 3.63) is 154 Å². The van der Waals surface area contributed by atoms with Crippen molar-refractivity contribution in [3.63, 3.8) is 0 Å². The molecule has 2 aliphatic carbocycles. The van der Waals surface area contributed by atoms with Gasteiger partial charge in [-0.25, -0.2) is 0 Å². The Kier molecular flexibility index (Phi) is 7.27. The Morgan fingerprint density at radius 3 is 1.28 bits per heavy atom. The van der Waals surface area contributed by atoms with Crippen molar-refractivity contribution >= 4 is 21.7 Å². The Hall–Kier alpha value is -3.42. The van der Waals surface area contributed by atoms with Gasteiger partial charge in [-0.3, -0.25) is 0 Å². The lowest BCUT2D eigenvalue weighted by Gasteiger charge is -2.39. The first-order valence-corrected chi connectivity index (χ1v) is 16.1. The van der Waals surface area contributed by atoms with Crippen LogP contribution < -0.4 is 0 Å². The lowest BCUT2D eigenvalue weighted by atomic mass is 9.71. The summed E-state index contributed by atoms with van der Waals surface area (Å²) in [5.41, 5.74) is 11.8. The molecule has 6 rings (SSSR count). The van der Waals surface area contributed by atoms with Crippen molar-refractivity contribution in [3.8, 4) is 0 Å². The topological polar surface area (TPSA) is 0 Å². The molecule has 4 aromatic rings. The highest BCUT2D eigenvalue weighted by Gasteiger charge is 2.45. The highest BCUT2D eigenvalue weighted by atomic mass is 28.2. The monoisotopic (exact) mass is 522 g/mol. The molecule has 0 amide bonds. The van der Waals surface area contributed by atoms with Gasteiger partial charge < -0.3 is 0 Å². The van der Waals surface area contributed by atoms with Gasteiger partial charge in [0.1, 0.15) is 0 Å². The SMILES string of the molecule is CCCC1=Cc2ccccc2C1(C[Si]CC1(c2ccccc2)C(CCC)=Cc2ccccc21)c1ccccc1. The van der Waals surface area contributed by atoms with Gasteiger partial charge in [0, 0.05) is 20.3 Å². The van der Waals surface area contributed by atoms with Crippen LogP contribution in [0.25, 0.3) is 12.2 Å². The van der Waals surface area contributed by atoms with Crippen LogP contribution in [-0.4, -0.2) is 9.52 Å². The third-order valence-electron chi connectivity index (χ3n) is 8.95. The van der Waals surface area contributed by atoms with Crippen molar-refractivity contribution in [1.82, 2.24) is 0 Å². The fourth-order valence-electron chi connectivity index (χ4n) is 7.29. The summed E-state index contributed by atoms with van der Waals surface area (Å²) < 4.78 is 0. The molecule has 2 radical (unpaired) electrons. The molecule has 2 unspecified atom stereocenters. The Morgan fingerprint density at radius 2 is 0.872 bits per heavy atom. The maximum Gasteiger partial charge on any atom is 0.0410 e. The number of rotatable bonds is 10. The molecule has 2 aliphatic rings. The van der Waals surface area contributed by atoms with E-state index in [9.17, 15) is 0 Å². The van der Waals surface area contributed by atoms with Crippen LogP contribution in [0.1, 0.15) is 72.9 Å². The van der Waals surface area contributed by atoms with Gasteiger partial charge in [0.15, 0.2) is 0 Å². The van der Waals surface area contributed by atoms with E-state index in [0.717, 1.165) is 34.4 Å². The fraction of sp³-hybridized carbons (Fsp3) is 0.263. The summed E-state index contributed by atoms with van der Waals surface area (Å²) in [5, 5.41) is 0. The molecule has 0 nitrogen and oxygen atoms in total. The third kappa shape index (κ3) is 4.28. The van der Waals surface area contributed by atoms with Gasteiger partial charge in [-0.1, -0.05) is 159 Å². The van der Waals surface area contributed by atoms with E-state index in [1.807, 2.05) is 0 Å². The highest BCUT2D eigenvalue weighted by Crippen LogP contribution is 2.54. The average Bonchev–Trinajstić information content (AvgIpc) is 3.48. The molecule has 4 aromatic carbocycles. The van der Waals surface area contributed by atoms with Crippen LogP contribution in [-0.2, 0) is 10.8 Å². The van der Waals surface area contributed by atoms with Crippen LogP contribution in [0.15, 0.2) is 120 Å². The van der Waals surface area contributed by atoms with Crippen molar-refractivity contribution in [2.24, 2.45) is 0 Å². The average molecular weight is 523 g/mol. The Bertz CT molecular complexity index is 1380. The normalized spacial score (nSPS) is 21.3. The maximum atomic E-state index is 2.51. The second kappa shape index (κ2) is 11.0. The van der Waals surface area contributed by atoms with Crippen LogP contribution in [0.5, 0.6) is 0 Å². The molecule has 0 saturated carbocycles. The second-order valence-electron chi connectivity index (χ2n) is 11.2. The van der Waals surface area contributed by atoms with E-state index in [4.69, 9.17) is 0 Å². The smallest absolute Gasteiger partial charge is 0.0410 e. The molecule has 0 aromatic heterocycles. The van der Waals surface area contributed by atoms with E-state index in [0.29, 0.717) is 0 Å². The molecule has 0 saturated heterocycles. The molecule has 0 aliphatic heterocycles. The maximum absolute atomic E-state index is 2.51. The summed E-state index contributed by atoms with van der Waals surface area (Å²) in [4.78, 5) is 0. The van der Waals surface area contributed by atoms with E-state index in [1.165, 1.54) is 46.2 Å². The summed E-state index contributed by atoms with van der Waals surface area (Å²) in [7, 11) is 0.817. The number of allylic oxidation sites excluding steroid dienone is 2. The van der Waals surface area contributed by atoms with E-state index in [-0.39, 0.29) is 10.8 Å². The molecule has 0 N–H and O–H groups in total. The summed E-state index contributed by atoms with van der Waals surface area (Å²) in [6, 6.07) is 43.3. The largest absolute Gasteiger partial charge is 0.0651 e. The molecule has 0 fully saturated rings. The van der Waals surface area contributed by atoms with Gasteiger partial charge in [0.2, 0.25) is 0 Å². The third-order valence-corrected chi connectivity index (χ3v) is 10.5. The first kappa shape index (κ1) is 25.8. The van der Waals surface area contributed by atoms with Crippen LogP contribution in [0, 0.1) is 0 Å². The molecule has 2 atom stereocenters. The molecule has 194 valence electrons. The van der Waals surface area contributed by atoms with Crippen molar-refractivity contribution in [1.29, 1.82) is 0 Å². The molecule has 0 spiro atoms. The van der Waals surface area contributed by atoms with Gasteiger partial charge in [0.25, 0.3) is 0 Å². The zero-order valence-corrected chi connectivity index (χ0v) is 24.3. The van der Waals surface area contributed by atoms with Gasteiger partial charge in [0.05, 0.1) is 0 Å². The van der Waals surface area contributed by atoms with Crippen LogP contribution in [0.4, 0.5) is 0 Å². The summed E-state index contributed by atoms with van der Waals surface area (Å²) in [5.74, 6) is 0. The van der Waals surface area contributed by atoms with Gasteiger partial charge in [-0.2, -0.15) is 0 Å². The van der Waals surface area contributed by atoms with Crippen LogP contribution >= 0.6 is 0 Å². The van der Waals surface area contributed by atoms with Gasteiger partial charge in [-0.05, 0) is 58.3 Å². The van der Waals surface area contributed by atoms with Crippen molar-refractivity contribution < 1.29 is 0 Å². The highest BCUT2D eigenvalue weighted by molar-refractivity contribution is 6.37. The van der Waals surface area contributed by atoms with E-state index in [2.05, 4.69) is 135 Å². The number of hydrogen-bond donors (Lipinski definition) is 0. The summed E-state index contributed by atoms with van der Waals surface area (Å²) in [6.07, 6.45) is 9.64. The molecule has 0 heterocycles. The number of fused-ring (bicyclic) bond motifs is 2. The Labute approximate surface area is 237 Å². The molecule has 1 heteroatoms. The summed E-state index contributed by atoms with van der Waals surface area (Å²) in [6.45, 7) is 4.65. The molecular formula is C38H38Si. The zero-order chi connectivity index (χ0) is 26.7. The minimum absolute atomic E-state index is 0.0447. The molecular weight excluding hydrogens is 485 g/mol. The lowest BCUT2D eigenvalue weighted by Crippen LogP contribution is -2.34.